The van der Waals surface area contributed by atoms with Gasteiger partial charge in [0.15, 0.2) is 0 Å². The summed E-state index contributed by atoms with van der Waals surface area (Å²) >= 11 is 0. The van der Waals surface area contributed by atoms with Gasteiger partial charge in [-0.3, -0.25) is 0 Å². The Balaban J connectivity index is 1.25. The van der Waals surface area contributed by atoms with Crippen LogP contribution in [-0.2, 0) is 10.2 Å². The number of carbonyl (C=O) groups excluding carboxylic acids is 1. The number of carbonyl (C=O) groups is 1. The minimum atomic E-state index is -0.263. The number of amides is 1. The lowest BCUT2D eigenvalue weighted by atomic mass is 9.55. The monoisotopic (exact) mass is 383 g/mol. The second-order valence-corrected chi connectivity index (χ2v) is 10.1. The van der Waals surface area contributed by atoms with E-state index in [0.29, 0.717) is 24.9 Å². The molecule has 4 saturated carbocycles. The maximum absolute atomic E-state index is 13.0. The molecule has 1 aromatic rings. The molecule has 6 rings (SSSR count). The van der Waals surface area contributed by atoms with E-state index in [0.717, 1.165) is 18.3 Å². The number of piperidine rings is 1. The van der Waals surface area contributed by atoms with Crippen LogP contribution in [0.1, 0.15) is 51.0 Å². The van der Waals surface area contributed by atoms with Crippen LogP contribution < -0.4 is 0 Å². The Labute approximate surface area is 168 Å². The normalized spacial score (nSPS) is 41.9. The van der Waals surface area contributed by atoms with Gasteiger partial charge < -0.3 is 14.7 Å². The van der Waals surface area contributed by atoms with E-state index < -0.39 is 0 Å². The van der Waals surface area contributed by atoms with Crippen molar-refractivity contribution in [1.29, 1.82) is 0 Å². The Kier molecular flexibility index (Phi) is 4.65. The number of nitrogens with zero attached hydrogens (tertiary/aromatic N) is 1. The summed E-state index contributed by atoms with van der Waals surface area (Å²) < 4.78 is 6.15. The molecule has 4 heteroatoms. The van der Waals surface area contributed by atoms with Gasteiger partial charge in [-0.1, -0.05) is 37.3 Å². The maximum atomic E-state index is 13.0. The molecule has 1 aliphatic heterocycles. The van der Waals surface area contributed by atoms with E-state index in [1.54, 1.807) is 0 Å². The van der Waals surface area contributed by atoms with Gasteiger partial charge in [-0.25, -0.2) is 4.79 Å². The van der Waals surface area contributed by atoms with Crippen LogP contribution in [0.15, 0.2) is 30.3 Å². The molecule has 1 N–H and O–H groups in total. The lowest BCUT2D eigenvalue weighted by Crippen LogP contribution is -2.55. The molecule has 1 heterocycles. The quantitative estimate of drug-likeness (QED) is 0.850. The van der Waals surface area contributed by atoms with E-state index in [1.165, 1.54) is 37.7 Å². The van der Waals surface area contributed by atoms with Crippen molar-refractivity contribution in [3.63, 3.8) is 0 Å². The van der Waals surface area contributed by atoms with Crippen LogP contribution in [0.5, 0.6) is 0 Å². The second kappa shape index (κ2) is 7.05. The summed E-state index contributed by atoms with van der Waals surface area (Å²) in [5, 5.41) is 10.3. The molecule has 0 aromatic heterocycles. The molecular weight excluding hydrogens is 350 g/mol. The van der Waals surface area contributed by atoms with Crippen LogP contribution in [0, 0.1) is 29.6 Å². The number of benzene rings is 1. The van der Waals surface area contributed by atoms with Crippen LogP contribution in [0.25, 0.3) is 0 Å². The highest BCUT2D eigenvalue weighted by Gasteiger charge is 2.51. The summed E-state index contributed by atoms with van der Waals surface area (Å²) in [5.74, 6) is 3.18. The third-order valence-corrected chi connectivity index (χ3v) is 8.53. The molecule has 5 fully saturated rings. The Morgan fingerprint density at radius 1 is 1.11 bits per heavy atom. The van der Waals surface area contributed by atoms with Gasteiger partial charge in [0.05, 0.1) is 6.61 Å². The molecule has 4 aliphatic carbocycles. The molecule has 28 heavy (non-hydrogen) atoms. The van der Waals surface area contributed by atoms with Crippen molar-refractivity contribution in [3.05, 3.63) is 35.9 Å². The first kappa shape index (κ1) is 18.5. The van der Waals surface area contributed by atoms with Gasteiger partial charge >= 0.3 is 6.09 Å². The molecule has 1 aromatic carbocycles. The number of aliphatic hydroxyl groups is 1. The molecule has 1 saturated heterocycles. The topological polar surface area (TPSA) is 49.8 Å². The van der Waals surface area contributed by atoms with Gasteiger partial charge in [-0.15, -0.1) is 0 Å². The molecule has 4 nitrogen and oxygen atoms in total. The lowest BCUT2D eigenvalue weighted by molar-refractivity contribution is -0.105. The van der Waals surface area contributed by atoms with Crippen LogP contribution >= 0.6 is 0 Å². The van der Waals surface area contributed by atoms with E-state index in [1.807, 2.05) is 23.1 Å². The van der Waals surface area contributed by atoms with Crippen molar-refractivity contribution >= 4 is 6.09 Å². The average molecular weight is 384 g/mol. The van der Waals surface area contributed by atoms with Gasteiger partial charge in [0.2, 0.25) is 0 Å². The molecule has 4 bridgehead atoms. The fourth-order valence-corrected chi connectivity index (χ4v) is 7.13. The molecule has 2 atom stereocenters. The molecule has 152 valence electrons. The Morgan fingerprint density at radius 3 is 2.32 bits per heavy atom. The van der Waals surface area contributed by atoms with Gasteiger partial charge in [0.1, 0.15) is 6.10 Å². The van der Waals surface area contributed by atoms with Crippen molar-refractivity contribution in [2.75, 3.05) is 19.7 Å². The number of likely N-dealkylation sites (tertiary alicyclic amines) is 1. The summed E-state index contributed by atoms with van der Waals surface area (Å²) in [6.07, 6.45) is 7.29. The van der Waals surface area contributed by atoms with Crippen LogP contribution in [0.4, 0.5) is 4.79 Å². The van der Waals surface area contributed by atoms with Gasteiger partial charge in [-0.05, 0) is 73.7 Å². The summed E-state index contributed by atoms with van der Waals surface area (Å²) in [5.41, 5.74) is 0.916. The van der Waals surface area contributed by atoms with Crippen molar-refractivity contribution in [1.82, 2.24) is 4.90 Å². The van der Waals surface area contributed by atoms with Crippen LogP contribution in [-0.4, -0.2) is 41.9 Å². The van der Waals surface area contributed by atoms with E-state index in [2.05, 4.69) is 19.1 Å². The van der Waals surface area contributed by atoms with Gasteiger partial charge in [0, 0.05) is 18.5 Å². The van der Waals surface area contributed by atoms with E-state index in [9.17, 15) is 9.90 Å². The number of aliphatic hydroxyl groups excluding tert-OH is 1. The Bertz CT molecular complexity index is 692. The van der Waals surface area contributed by atoms with E-state index in [4.69, 9.17) is 4.74 Å². The van der Waals surface area contributed by atoms with Crippen molar-refractivity contribution < 1.29 is 14.6 Å². The molecule has 1 amide bonds. The molecule has 0 radical (unpaired) electrons. The number of hydrogen-bond acceptors (Lipinski definition) is 3. The zero-order valence-corrected chi connectivity index (χ0v) is 16.9. The highest BCUT2D eigenvalue weighted by Crippen LogP contribution is 2.54. The van der Waals surface area contributed by atoms with Crippen molar-refractivity contribution in [3.8, 4) is 0 Å². The highest BCUT2D eigenvalue weighted by molar-refractivity contribution is 5.68. The minimum Gasteiger partial charge on any atom is -0.446 e. The zero-order chi connectivity index (χ0) is 19.3. The average Bonchev–Trinajstić information content (AvgIpc) is 2.71. The fourth-order valence-electron chi connectivity index (χ4n) is 7.13. The largest absolute Gasteiger partial charge is 0.446 e. The first-order chi connectivity index (χ1) is 13.6. The molecular formula is C24H33NO3. The van der Waals surface area contributed by atoms with Gasteiger partial charge in [-0.2, -0.15) is 0 Å². The SMILES string of the molecule is CC1CN(C(=O)OC2C3CC4CC(C3)CC2C4)CCC1(CO)c1ccccc1. The molecule has 5 aliphatic rings. The van der Waals surface area contributed by atoms with E-state index in [-0.39, 0.29) is 30.1 Å². The summed E-state index contributed by atoms with van der Waals surface area (Å²) in [4.78, 5) is 14.9. The fraction of sp³-hybridized carbons (Fsp3) is 0.708. The number of hydrogen-bond donors (Lipinski definition) is 1. The zero-order valence-electron chi connectivity index (χ0n) is 16.9. The maximum Gasteiger partial charge on any atom is 0.410 e. The third-order valence-electron chi connectivity index (χ3n) is 8.53. The molecule has 0 spiro atoms. The smallest absolute Gasteiger partial charge is 0.410 e. The molecule has 2 unspecified atom stereocenters. The van der Waals surface area contributed by atoms with Crippen LogP contribution in [0.3, 0.4) is 0 Å². The third kappa shape index (κ3) is 2.96. The number of rotatable bonds is 3. The van der Waals surface area contributed by atoms with Crippen molar-refractivity contribution in [2.24, 2.45) is 29.6 Å². The number of ether oxygens (including phenoxy) is 1. The van der Waals surface area contributed by atoms with Crippen LogP contribution in [0.2, 0.25) is 0 Å². The highest BCUT2D eigenvalue weighted by atomic mass is 16.6. The van der Waals surface area contributed by atoms with Gasteiger partial charge in [0.25, 0.3) is 0 Å². The first-order valence-electron chi connectivity index (χ1n) is 11.2. The summed E-state index contributed by atoms with van der Waals surface area (Å²) in [7, 11) is 0. The van der Waals surface area contributed by atoms with Crippen molar-refractivity contribution in [2.45, 2.75) is 57.0 Å². The lowest BCUT2D eigenvalue weighted by Gasteiger charge is -2.54. The minimum absolute atomic E-state index is 0.121. The van der Waals surface area contributed by atoms with E-state index >= 15 is 0 Å². The standard InChI is InChI=1S/C24H33NO3/c1-16-14-25(8-7-24(16,15-26)21-5-3-2-4-6-21)23(27)28-22-19-10-17-9-18(12-19)13-20(22)11-17/h2-6,16-20,22,26H,7-15H2,1H3. The second-order valence-electron chi connectivity index (χ2n) is 10.1. The predicted molar refractivity (Wildman–Crippen MR) is 108 cm³/mol. The first-order valence-corrected chi connectivity index (χ1v) is 11.2. The Hall–Kier alpha value is -1.55. The summed E-state index contributed by atoms with van der Waals surface area (Å²) in [6, 6.07) is 10.3. The Morgan fingerprint density at radius 2 is 1.75 bits per heavy atom. The predicted octanol–water partition coefficient (Wildman–Crippen LogP) is 4.22. The summed E-state index contributed by atoms with van der Waals surface area (Å²) in [6.45, 7) is 3.59.